The van der Waals surface area contributed by atoms with Crippen LogP contribution in [0.5, 0.6) is 0 Å². The number of rotatable bonds is 4. The Kier molecular flexibility index (Phi) is 27.0. The summed E-state index contributed by atoms with van der Waals surface area (Å²) in [4.78, 5) is 13.7. The topological polar surface area (TPSA) is 36.9 Å². The molecule has 160 valence electrons. The Balaban J connectivity index is -0.0000000711. The van der Waals surface area contributed by atoms with Gasteiger partial charge in [-0.05, 0) is 13.1 Å². The third-order valence-corrected chi connectivity index (χ3v) is 9.54. The molecule has 0 radical (unpaired) electrons. The summed E-state index contributed by atoms with van der Waals surface area (Å²) < 4.78 is 20.2. The van der Waals surface area contributed by atoms with Crippen LogP contribution >= 0.6 is 0 Å². The molecule has 0 saturated carbocycles. The van der Waals surface area contributed by atoms with E-state index in [0.29, 0.717) is 0 Å². The number of hydrogen-bond acceptors (Lipinski definition) is 4. The maximum absolute atomic E-state index is 5.07. The Morgan fingerprint density at radius 1 is 0.560 bits per heavy atom. The molecule has 0 unspecified atom stereocenters. The molecule has 0 amide bonds. The van der Waals surface area contributed by atoms with Crippen molar-refractivity contribution in [2.24, 2.45) is 0 Å². The van der Waals surface area contributed by atoms with Gasteiger partial charge in [-0.1, -0.05) is 33.6 Å². The maximum atomic E-state index is 5.07. The molecule has 0 fully saturated rings. The van der Waals surface area contributed by atoms with Crippen LogP contribution in [-0.4, -0.2) is 82.7 Å². The molecule has 0 aromatic rings. The van der Waals surface area contributed by atoms with Crippen molar-refractivity contribution >= 4 is 54.2 Å². The first kappa shape index (κ1) is 37.6. The van der Waals surface area contributed by atoms with Crippen molar-refractivity contribution in [2.45, 2.75) is 76.3 Å². The van der Waals surface area contributed by atoms with Gasteiger partial charge >= 0.3 is 96.1 Å². The second kappa shape index (κ2) is 17.9. The fraction of sp³-hybridized carbons (Fsp3) is 1.00. The van der Waals surface area contributed by atoms with Gasteiger partial charge in [-0.15, -0.1) is 0 Å². The monoisotopic (exact) mass is 616 g/mol. The number of hydrogen-bond donors (Lipinski definition) is 0. The van der Waals surface area contributed by atoms with Crippen molar-refractivity contribution in [1.29, 1.82) is 0 Å². The molecule has 0 aliphatic carbocycles. The average Bonchev–Trinajstić information content (AvgIpc) is 2.35. The summed E-state index contributed by atoms with van der Waals surface area (Å²) in [6.45, 7) is 13.3. The van der Waals surface area contributed by atoms with Crippen LogP contribution in [0.15, 0.2) is 0 Å². The fourth-order valence-electron chi connectivity index (χ4n) is 0.167. The van der Waals surface area contributed by atoms with E-state index in [1.54, 1.807) is 28.4 Å². The molecule has 0 N–H and O–H groups in total. The zero-order valence-corrected chi connectivity index (χ0v) is 27.3. The molecule has 0 aromatic heterocycles. The second-order valence-corrected chi connectivity index (χ2v) is 46.7. The molecule has 0 aliphatic heterocycles. The summed E-state index contributed by atoms with van der Waals surface area (Å²) in [7, 11) is 4.51. The van der Waals surface area contributed by atoms with Crippen molar-refractivity contribution in [3.63, 3.8) is 0 Å². The SMILES string of the molecule is C.CO[Si](C)(C)OC.C[O][Sn]([CH3])([CH3])[O]C.C[Si](C)(C)C.[CH3][Sn]([CH3])([CH3])[CH3]. The standard InChI is InChI=1S/C4H12O2Si.C4H12Si.2CH3O.CH4.6CH3.2Sn/c1-5-7(3,4)6-2;1-5(2,3)4;2*1-2;;;;;;;;;/h1-4H3;1-4H3;2*1H3;1H4;6*1H3;;/q;;2*-1;;;;;;;;;+2. The fourth-order valence-corrected chi connectivity index (χ4v) is 0.809. The molecule has 0 spiro atoms. The first-order chi connectivity index (χ1) is 10.2. The van der Waals surface area contributed by atoms with Crippen molar-refractivity contribution in [3.8, 4) is 0 Å². The van der Waals surface area contributed by atoms with Gasteiger partial charge in [0.1, 0.15) is 0 Å². The summed E-state index contributed by atoms with van der Waals surface area (Å²) in [5.41, 5.74) is 0. The summed E-state index contributed by atoms with van der Waals surface area (Å²) in [6.07, 6.45) is 0. The second-order valence-electron chi connectivity index (χ2n) is 9.62. The Hall–Kier alpha value is 1.87. The van der Waals surface area contributed by atoms with Gasteiger partial charge in [0.15, 0.2) is 0 Å². The van der Waals surface area contributed by atoms with Gasteiger partial charge in [0, 0.05) is 22.3 Å². The van der Waals surface area contributed by atoms with E-state index in [0.717, 1.165) is 0 Å². The van der Waals surface area contributed by atoms with Crippen molar-refractivity contribution in [3.05, 3.63) is 0 Å². The van der Waals surface area contributed by atoms with E-state index in [1.807, 2.05) is 13.1 Å². The van der Waals surface area contributed by atoms with E-state index in [1.165, 1.54) is 0 Å². The van der Waals surface area contributed by atoms with Crippen LogP contribution < -0.4 is 0 Å². The first-order valence-corrected chi connectivity index (χ1v) is 34.7. The Morgan fingerprint density at radius 3 is 0.720 bits per heavy atom. The molecule has 0 aromatic carbocycles. The van der Waals surface area contributed by atoms with Crippen LogP contribution in [0.4, 0.5) is 0 Å². The summed E-state index contributed by atoms with van der Waals surface area (Å²) in [5.74, 6) is 0. The zero-order valence-electron chi connectivity index (χ0n) is 19.6. The molecule has 4 nitrogen and oxygen atoms in total. The van der Waals surface area contributed by atoms with Gasteiger partial charge < -0.3 is 8.85 Å². The first-order valence-electron chi connectivity index (χ1n) is 8.45. The molecule has 0 bridgehead atoms. The molecule has 0 rings (SSSR count). The van der Waals surface area contributed by atoms with Crippen LogP contribution in [-0.2, 0) is 15.0 Å². The third kappa shape index (κ3) is 76.6. The van der Waals surface area contributed by atoms with Gasteiger partial charge in [-0.25, -0.2) is 0 Å². The van der Waals surface area contributed by atoms with Gasteiger partial charge in [-0.2, -0.15) is 0 Å². The van der Waals surface area contributed by atoms with E-state index >= 15 is 0 Å². The van der Waals surface area contributed by atoms with Gasteiger partial charge in [0.2, 0.25) is 0 Å². The Bertz CT molecular complexity index is 225. The quantitative estimate of drug-likeness (QED) is 0.339. The van der Waals surface area contributed by atoms with Crippen LogP contribution in [0.1, 0.15) is 7.43 Å². The Labute approximate surface area is 172 Å². The molecule has 0 heterocycles. The van der Waals surface area contributed by atoms with E-state index in [9.17, 15) is 0 Å². The minimum absolute atomic E-state index is 0. The molecular formula is C17H52O4Si2Sn2. The minimum atomic E-state index is -2.28. The van der Waals surface area contributed by atoms with Crippen molar-refractivity contribution in [1.82, 2.24) is 0 Å². The molecule has 25 heavy (non-hydrogen) atoms. The van der Waals surface area contributed by atoms with Crippen molar-refractivity contribution < 1.29 is 15.0 Å². The van der Waals surface area contributed by atoms with E-state index in [-0.39, 0.29) is 7.43 Å². The summed E-state index contributed by atoms with van der Waals surface area (Å²) in [5, 5.41) is 0. The van der Waals surface area contributed by atoms with Gasteiger partial charge in [0.25, 0.3) is 0 Å². The normalized spacial score (nSPS) is 11.5. The molecule has 0 atom stereocenters. The third-order valence-electron chi connectivity index (χ3n) is 1.97. The van der Waals surface area contributed by atoms with Gasteiger partial charge in [0.05, 0.1) is 0 Å². The predicted molar refractivity (Wildman–Crippen MR) is 128 cm³/mol. The molecule has 0 saturated heterocycles. The van der Waals surface area contributed by atoms with Crippen molar-refractivity contribution in [2.75, 3.05) is 28.4 Å². The zero-order chi connectivity index (χ0) is 20.8. The van der Waals surface area contributed by atoms with E-state index in [4.69, 9.17) is 15.0 Å². The Morgan fingerprint density at radius 2 is 0.720 bits per heavy atom. The summed E-state index contributed by atoms with van der Waals surface area (Å²) in [6, 6.07) is 0. The van der Waals surface area contributed by atoms with E-state index < -0.39 is 54.2 Å². The van der Waals surface area contributed by atoms with E-state index in [2.05, 4.69) is 55.8 Å². The molecule has 0 aliphatic rings. The molecule has 8 heteroatoms. The average molecular weight is 614 g/mol. The van der Waals surface area contributed by atoms with Crippen LogP contribution in [0.3, 0.4) is 0 Å². The van der Waals surface area contributed by atoms with Gasteiger partial charge in [-0.3, -0.25) is 0 Å². The van der Waals surface area contributed by atoms with Crippen LogP contribution in [0, 0.1) is 0 Å². The van der Waals surface area contributed by atoms with Crippen LogP contribution in [0.2, 0.25) is 68.9 Å². The summed E-state index contributed by atoms with van der Waals surface area (Å²) >= 11 is -3.46. The van der Waals surface area contributed by atoms with Crippen LogP contribution in [0.25, 0.3) is 0 Å². The molecular weight excluding hydrogens is 562 g/mol. The predicted octanol–water partition coefficient (Wildman–Crippen LogP) is 6.51.